The van der Waals surface area contributed by atoms with Gasteiger partial charge in [0.1, 0.15) is 11.6 Å². The molecule has 0 unspecified atom stereocenters. The minimum atomic E-state index is -0.409. The number of methoxy groups -OCH3 is 1. The lowest BCUT2D eigenvalue weighted by Gasteiger charge is -2.32. The number of carbonyl (C=O) groups excluding carboxylic acids is 1. The maximum atomic E-state index is 13.8. The van der Waals surface area contributed by atoms with Crippen LogP contribution in [0.3, 0.4) is 0 Å². The summed E-state index contributed by atoms with van der Waals surface area (Å²) in [6.45, 7) is 0.313. The number of hydrogen-bond acceptors (Lipinski definition) is 2. The molecule has 0 saturated heterocycles. The van der Waals surface area contributed by atoms with E-state index in [2.05, 4.69) is 5.32 Å². The lowest BCUT2D eigenvalue weighted by Crippen LogP contribution is -2.39. The maximum Gasteiger partial charge on any atom is 0.322 e. The number of ether oxygens (including phenoxy) is 1. The van der Waals surface area contributed by atoms with Crippen LogP contribution in [-0.2, 0) is 0 Å². The Bertz CT molecular complexity index is 1240. The summed E-state index contributed by atoms with van der Waals surface area (Å²) < 4.78 is 19.2. The largest absolute Gasteiger partial charge is 0.496 e. The predicted octanol–water partition coefficient (Wildman–Crippen LogP) is 7.17. The van der Waals surface area contributed by atoms with Gasteiger partial charge in [0.2, 0.25) is 0 Å². The molecule has 4 aromatic carbocycles. The van der Waals surface area contributed by atoms with Gasteiger partial charge in [-0.05, 0) is 35.4 Å². The van der Waals surface area contributed by atoms with Gasteiger partial charge in [-0.3, -0.25) is 0 Å². The molecule has 0 heterocycles. The Hall–Kier alpha value is -4.38. The normalized spacial score (nSPS) is 10.9. The molecule has 1 N–H and O–H groups in total. The molecular formula is C30H27FN2O2. The Labute approximate surface area is 205 Å². The van der Waals surface area contributed by atoms with E-state index in [-0.39, 0.29) is 12.1 Å². The number of para-hydroxylation sites is 1. The summed E-state index contributed by atoms with van der Waals surface area (Å²) in [6, 6.07) is 32.6. The van der Waals surface area contributed by atoms with Crippen molar-refractivity contribution in [1.29, 1.82) is 0 Å². The third kappa shape index (κ3) is 6.15. The first-order chi connectivity index (χ1) is 17.2. The van der Waals surface area contributed by atoms with Gasteiger partial charge < -0.3 is 15.0 Å². The van der Waals surface area contributed by atoms with Crippen molar-refractivity contribution in [2.45, 2.75) is 6.04 Å². The first-order valence-corrected chi connectivity index (χ1v) is 11.4. The second-order valence-electron chi connectivity index (χ2n) is 7.96. The molecule has 0 aliphatic heterocycles. The van der Waals surface area contributed by atoms with E-state index in [1.807, 2.05) is 97.1 Å². The second kappa shape index (κ2) is 11.7. The summed E-state index contributed by atoms with van der Waals surface area (Å²) in [5, 5.41) is 2.86. The van der Waals surface area contributed by atoms with E-state index < -0.39 is 5.82 Å². The van der Waals surface area contributed by atoms with E-state index in [0.717, 1.165) is 22.4 Å². The highest BCUT2D eigenvalue weighted by Crippen LogP contribution is 2.30. The second-order valence-corrected chi connectivity index (χ2v) is 7.96. The van der Waals surface area contributed by atoms with Crippen LogP contribution in [0.1, 0.15) is 22.7 Å². The third-order valence-corrected chi connectivity index (χ3v) is 5.62. The molecule has 176 valence electrons. The van der Waals surface area contributed by atoms with Crippen molar-refractivity contribution in [3.05, 3.63) is 138 Å². The minimum absolute atomic E-state index is 0.313. The average Bonchev–Trinajstić information content (AvgIpc) is 2.89. The summed E-state index contributed by atoms with van der Waals surface area (Å²) in [5.74, 6) is 0.343. The highest BCUT2D eigenvalue weighted by Gasteiger charge is 2.26. The fourth-order valence-corrected chi connectivity index (χ4v) is 3.99. The lowest BCUT2D eigenvalue weighted by atomic mass is 9.97. The van der Waals surface area contributed by atoms with E-state index in [4.69, 9.17) is 4.74 Å². The van der Waals surface area contributed by atoms with Crippen molar-refractivity contribution in [3.8, 4) is 5.75 Å². The summed E-state index contributed by atoms with van der Waals surface area (Å²) in [5.41, 5.74) is 3.25. The van der Waals surface area contributed by atoms with Crippen molar-refractivity contribution in [2.24, 2.45) is 0 Å². The van der Waals surface area contributed by atoms with E-state index in [9.17, 15) is 9.18 Å². The monoisotopic (exact) mass is 466 g/mol. The molecule has 4 nitrogen and oxygen atoms in total. The van der Waals surface area contributed by atoms with Gasteiger partial charge >= 0.3 is 6.03 Å². The number of hydrogen-bond donors (Lipinski definition) is 1. The van der Waals surface area contributed by atoms with Gasteiger partial charge in [-0.15, -0.1) is 0 Å². The van der Waals surface area contributed by atoms with E-state index in [0.29, 0.717) is 12.2 Å². The van der Waals surface area contributed by atoms with Crippen molar-refractivity contribution >= 4 is 17.8 Å². The van der Waals surface area contributed by atoms with Crippen LogP contribution >= 0.6 is 0 Å². The highest BCUT2D eigenvalue weighted by atomic mass is 19.1. The van der Waals surface area contributed by atoms with Crippen LogP contribution in [0.5, 0.6) is 5.75 Å². The molecule has 4 aromatic rings. The number of carbonyl (C=O) groups is 1. The summed E-state index contributed by atoms with van der Waals surface area (Å²) in [7, 11) is 1.63. The Balaban J connectivity index is 1.71. The molecule has 0 aliphatic rings. The molecule has 2 amide bonds. The Morgan fingerprint density at radius 3 is 2.14 bits per heavy atom. The van der Waals surface area contributed by atoms with Crippen molar-refractivity contribution in [2.75, 3.05) is 19.0 Å². The van der Waals surface area contributed by atoms with Gasteiger partial charge in [-0.2, -0.15) is 0 Å². The molecule has 35 heavy (non-hydrogen) atoms. The van der Waals surface area contributed by atoms with Gasteiger partial charge in [-0.1, -0.05) is 97.1 Å². The standard InChI is InChI=1S/C30H27FN2O2/c1-35-28-20-9-8-12-23(28)17-11-21-33(30(34)32-27-19-10-18-26(31)22-27)29(24-13-4-2-5-14-24)25-15-6-3-7-16-25/h2-20,22,29H,21H2,1H3,(H,32,34)/b17-11+. The average molecular weight is 467 g/mol. The number of urea groups is 1. The molecule has 0 radical (unpaired) electrons. The van der Waals surface area contributed by atoms with Crippen LogP contribution in [-0.4, -0.2) is 24.6 Å². The molecule has 5 heteroatoms. The maximum absolute atomic E-state index is 13.8. The van der Waals surface area contributed by atoms with Crippen molar-refractivity contribution in [1.82, 2.24) is 4.90 Å². The molecule has 0 aliphatic carbocycles. The number of nitrogens with zero attached hydrogens (tertiary/aromatic N) is 1. The van der Waals surface area contributed by atoms with E-state index >= 15 is 0 Å². The number of rotatable bonds is 8. The smallest absolute Gasteiger partial charge is 0.322 e. The fourth-order valence-electron chi connectivity index (χ4n) is 3.99. The Kier molecular flexibility index (Phi) is 7.92. The van der Waals surface area contributed by atoms with E-state index in [1.54, 1.807) is 24.1 Å². The fraction of sp³-hybridized carbons (Fsp3) is 0.100. The summed E-state index contributed by atoms with van der Waals surface area (Å²) in [6.07, 6.45) is 3.87. The van der Waals surface area contributed by atoms with Crippen molar-refractivity contribution < 1.29 is 13.9 Å². The number of halogens is 1. The molecule has 4 rings (SSSR count). The van der Waals surface area contributed by atoms with Crippen LogP contribution in [0.4, 0.5) is 14.9 Å². The summed E-state index contributed by atoms with van der Waals surface area (Å²) >= 11 is 0. The zero-order valence-electron chi connectivity index (χ0n) is 19.5. The minimum Gasteiger partial charge on any atom is -0.496 e. The molecule has 0 spiro atoms. The predicted molar refractivity (Wildman–Crippen MR) is 139 cm³/mol. The zero-order valence-corrected chi connectivity index (χ0v) is 19.5. The molecule has 0 fully saturated rings. The van der Waals surface area contributed by atoms with Gasteiger partial charge in [-0.25, -0.2) is 9.18 Å². The van der Waals surface area contributed by atoms with Gasteiger partial charge in [0, 0.05) is 17.8 Å². The number of anilines is 1. The number of amides is 2. The quantitative estimate of drug-likeness (QED) is 0.299. The molecule has 0 bridgehead atoms. The van der Waals surface area contributed by atoms with Crippen LogP contribution < -0.4 is 10.1 Å². The SMILES string of the molecule is COc1ccccc1/C=C/CN(C(=O)Nc1cccc(F)c1)C(c1ccccc1)c1ccccc1. The van der Waals surface area contributed by atoms with Crippen LogP contribution in [0.15, 0.2) is 115 Å². The zero-order chi connectivity index (χ0) is 24.5. The van der Waals surface area contributed by atoms with Crippen LogP contribution in [0.2, 0.25) is 0 Å². The molecular weight excluding hydrogens is 439 g/mol. The van der Waals surface area contributed by atoms with Crippen LogP contribution in [0.25, 0.3) is 6.08 Å². The lowest BCUT2D eigenvalue weighted by molar-refractivity contribution is 0.205. The van der Waals surface area contributed by atoms with Gasteiger partial charge in [0.25, 0.3) is 0 Å². The summed E-state index contributed by atoms with van der Waals surface area (Å²) in [4.78, 5) is 15.3. The van der Waals surface area contributed by atoms with Gasteiger partial charge in [0.15, 0.2) is 0 Å². The van der Waals surface area contributed by atoms with Gasteiger partial charge in [0.05, 0.1) is 13.2 Å². The number of nitrogens with one attached hydrogen (secondary N) is 1. The number of benzene rings is 4. The Morgan fingerprint density at radius 1 is 0.886 bits per heavy atom. The first kappa shape index (κ1) is 23.8. The van der Waals surface area contributed by atoms with Crippen molar-refractivity contribution in [3.63, 3.8) is 0 Å². The Morgan fingerprint density at radius 2 is 1.51 bits per heavy atom. The molecule has 0 atom stereocenters. The molecule has 0 saturated carbocycles. The highest BCUT2D eigenvalue weighted by molar-refractivity contribution is 5.90. The van der Waals surface area contributed by atoms with E-state index in [1.165, 1.54) is 12.1 Å². The third-order valence-electron chi connectivity index (χ3n) is 5.62. The topological polar surface area (TPSA) is 41.6 Å². The van der Waals surface area contributed by atoms with Crippen LogP contribution in [0, 0.1) is 5.82 Å². The first-order valence-electron chi connectivity index (χ1n) is 11.4. The molecule has 0 aromatic heterocycles.